The number of ether oxygens (including phenoxy) is 1. The molecule has 1 amide bonds. The van der Waals surface area contributed by atoms with E-state index in [0.29, 0.717) is 18.9 Å². The molecule has 0 aliphatic carbocycles. The van der Waals surface area contributed by atoms with E-state index in [4.69, 9.17) is 4.74 Å². The molecule has 6 heteroatoms. The molecule has 1 saturated heterocycles. The summed E-state index contributed by atoms with van der Waals surface area (Å²) >= 11 is 0. The van der Waals surface area contributed by atoms with E-state index in [1.54, 1.807) is 12.1 Å². The van der Waals surface area contributed by atoms with Crippen LogP contribution in [0.2, 0.25) is 0 Å². The van der Waals surface area contributed by atoms with Crippen molar-refractivity contribution in [1.82, 2.24) is 10.6 Å². The highest BCUT2D eigenvalue weighted by Crippen LogP contribution is 2.11. The third kappa shape index (κ3) is 6.31. The van der Waals surface area contributed by atoms with Gasteiger partial charge in [0.1, 0.15) is 11.6 Å². The van der Waals surface area contributed by atoms with Crippen molar-refractivity contribution in [3.63, 3.8) is 0 Å². The largest absolute Gasteiger partial charge is 0.494 e. The van der Waals surface area contributed by atoms with Gasteiger partial charge in [-0.15, -0.1) is 12.4 Å². The van der Waals surface area contributed by atoms with Gasteiger partial charge in [-0.05, 0) is 50.1 Å². The molecule has 0 aromatic heterocycles. The minimum atomic E-state index is -0.272. The van der Waals surface area contributed by atoms with Gasteiger partial charge in [0.2, 0.25) is 5.91 Å². The zero-order chi connectivity index (χ0) is 14.2. The molecule has 1 aromatic rings. The van der Waals surface area contributed by atoms with Crippen LogP contribution in [0.5, 0.6) is 5.75 Å². The van der Waals surface area contributed by atoms with Gasteiger partial charge in [-0.1, -0.05) is 0 Å². The zero-order valence-electron chi connectivity index (χ0n) is 11.9. The average Bonchev–Trinajstić information content (AvgIpc) is 2.49. The van der Waals surface area contributed by atoms with Gasteiger partial charge < -0.3 is 15.4 Å². The molecule has 1 heterocycles. The third-order valence-electron chi connectivity index (χ3n) is 3.37. The maximum absolute atomic E-state index is 12.7. The summed E-state index contributed by atoms with van der Waals surface area (Å²) in [5.41, 5.74) is 0. The summed E-state index contributed by atoms with van der Waals surface area (Å²) in [6, 6.07) is 5.93. The molecule has 0 bridgehead atoms. The first kappa shape index (κ1) is 17.7. The SMILES string of the molecule is Cl.O=C(NCCCOc1ccc(F)cc1)C1CCCNC1. The third-order valence-corrected chi connectivity index (χ3v) is 3.37. The Hall–Kier alpha value is -1.33. The molecule has 1 aliphatic heterocycles. The van der Waals surface area contributed by atoms with Crippen molar-refractivity contribution < 1.29 is 13.9 Å². The number of benzene rings is 1. The summed E-state index contributed by atoms with van der Waals surface area (Å²) < 4.78 is 18.1. The molecular weight excluding hydrogens is 295 g/mol. The normalized spacial score (nSPS) is 17.7. The topological polar surface area (TPSA) is 50.4 Å². The Morgan fingerprint density at radius 2 is 2.14 bits per heavy atom. The summed E-state index contributed by atoms with van der Waals surface area (Å²) in [4.78, 5) is 11.8. The quantitative estimate of drug-likeness (QED) is 0.791. The van der Waals surface area contributed by atoms with E-state index in [1.165, 1.54) is 12.1 Å². The summed E-state index contributed by atoms with van der Waals surface area (Å²) in [6.07, 6.45) is 2.76. The van der Waals surface area contributed by atoms with E-state index < -0.39 is 0 Å². The van der Waals surface area contributed by atoms with Crippen LogP contribution in [0.3, 0.4) is 0 Å². The maximum atomic E-state index is 12.7. The van der Waals surface area contributed by atoms with Crippen LogP contribution in [0.1, 0.15) is 19.3 Å². The van der Waals surface area contributed by atoms with Crippen LogP contribution in [0.4, 0.5) is 4.39 Å². The molecule has 118 valence electrons. The number of hydrogen-bond acceptors (Lipinski definition) is 3. The molecule has 2 N–H and O–H groups in total. The van der Waals surface area contributed by atoms with Gasteiger partial charge in [0.05, 0.1) is 12.5 Å². The first-order valence-corrected chi connectivity index (χ1v) is 7.12. The molecular formula is C15H22ClFN2O2. The van der Waals surface area contributed by atoms with E-state index >= 15 is 0 Å². The first-order chi connectivity index (χ1) is 9.75. The first-order valence-electron chi connectivity index (χ1n) is 7.12. The molecule has 21 heavy (non-hydrogen) atoms. The summed E-state index contributed by atoms with van der Waals surface area (Å²) in [6.45, 7) is 2.90. The molecule has 1 unspecified atom stereocenters. The second-order valence-electron chi connectivity index (χ2n) is 4.99. The lowest BCUT2D eigenvalue weighted by molar-refractivity contribution is -0.125. The van der Waals surface area contributed by atoms with E-state index in [2.05, 4.69) is 10.6 Å². The molecule has 0 radical (unpaired) electrons. The lowest BCUT2D eigenvalue weighted by Gasteiger charge is -2.21. The number of carbonyl (C=O) groups is 1. The molecule has 0 saturated carbocycles. The Morgan fingerprint density at radius 1 is 1.38 bits per heavy atom. The number of nitrogens with one attached hydrogen (secondary N) is 2. The number of carbonyl (C=O) groups excluding carboxylic acids is 1. The zero-order valence-corrected chi connectivity index (χ0v) is 12.8. The monoisotopic (exact) mass is 316 g/mol. The predicted molar refractivity (Wildman–Crippen MR) is 82.4 cm³/mol. The molecule has 1 atom stereocenters. The van der Waals surface area contributed by atoms with Crippen molar-refractivity contribution >= 4 is 18.3 Å². The van der Waals surface area contributed by atoms with Crippen LogP contribution >= 0.6 is 12.4 Å². The van der Waals surface area contributed by atoms with Gasteiger partial charge in [0, 0.05) is 13.1 Å². The van der Waals surface area contributed by atoms with Crippen molar-refractivity contribution in [2.45, 2.75) is 19.3 Å². The number of amides is 1. The second kappa shape index (κ2) is 9.58. The van der Waals surface area contributed by atoms with Crippen LogP contribution in [0.25, 0.3) is 0 Å². The number of hydrogen-bond donors (Lipinski definition) is 2. The van der Waals surface area contributed by atoms with Crippen molar-refractivity contribution in [3.8, 4) is 5.75 Å². The van der Waals surface area contributed by atoms with Crippen LogP contribution in [0.15, 0.2) is 24.3 Å². The van der Waals surface area contributed by atoms with Gasteiger partial charge in [0.25, 0.3) is 0 Å². The standard InChI is InChI=1S/C15H21FN2O2.ClH/c16-13-4-6-14(7-5-13)20-10-2-9-18-15(19)12-3-1-8-17-11-12;/h4-7,12,17H,1-3,8-11H2,(H,18,19);1H. The lowest BCUT2D eigenvalue weighted by Crippen LogP contribution is -2.40. The predicted octanol–water partition coefficient (Wildman–Crippen LogP) is 2.13. The van der Waals surface area contributed by atoms with Gasteiger partial charge in [-0.2, -0.15) is 0 Å². The summed E-state index contributed by atoms with van der Waals surface area (Å²) in [5, 5.41) is 6.16. The van der Waals surface area contributed by atoms with Crippen LogP contribution < -0.4 is 15.4 Å². The fourth-order valence-electron chi connectivity index (χ4n) is 2.22. The van der Waals surface area contributed by atoms with E-state index in [-0.39, 0.29) is 30.0 Å². The van der Waals surface area contributed by atoms with Crippen molar-refractivity contribution in [1.29, 1.82) is 0 Å². The lowest BCUT2D eigenvalue weighted by atomic mass is 9.99. The minimum Gasteiger partial charge on any atom is -0.494 e. The Kier molecular flexibility index (Phi) is 8.08. The molecule has 1 aliphatic rings. The minimum absolute atomic E-state index is 0. The average molecular weight is 317 g/mol. The van der Waals surface area contributed by atoms with Gasteiger partial charge in [0.15, 0.2) is 0 Å². The second-order valence-corrected chi connectivity index (χ2v) is 4.99. The fourth-order valence-corrected chi connectivity index (χ4v) is 2.22. The van der Waals surface area contributed by atoms with Crippen LogP contribution in [-0.2, 0) is 4.79 Å². The molecule has 1 aromatic carbocycles. The van der Waals surface area contributed by atoms with Crippen molar-refractivity contribution in [3.05, 3.63) is 30.1 Å². The highest BCUT2D eigenvalue weighted by molar-refractivity contribution is 5.85. The van der Waals surface area contributed by atoms with Crippen LogP contribution in [-0.4, -0.2) is 32.1 Å². The van der Waals surface area contributed by atoms with E-state index in [9.17, 15) is 9.18 Å². The Labute approximate surface area is 130 Å². The molecule has 4 nitrogen and oxygen atoms in total. The molecule has 0 spiro atoms. The smallest absolute Gasteiger partial charge is 0.224 e. The number of piperidine rings is 1. The van der Waals surface area contributed by atoms with E-state index in [0.717, 1.165) is 32.4 Å². The number of halogens is 2. The van der Waals surface area contributed by atoms with Gasteiger partial charge in [-0.25, -0.2) is 4.39 Å². The van der Waals surface area contributed by atoms with Crippen molar-refractivity contribution in [2.75, 3.05) is 26.2 Å². The summed E-state index contributed by atoms with van der Waals surface area (Å²) in [5.74, 6) is 0.598. The molecule has 2 rings (SSSR count). The summed E-state index contributed by atoms with van der Waals surface area (Å²) in [7, 11) is 0. The fraction of sp³-hybridized carbons (Fsp3) is 0.533. The Balaban J connectivity index is 0.00000220. The van der Waals surface area contributed by atoms with E-state index in [1.807, 2.05) is 0 Å². The maximum Gasteiger partial charge on any atom is 0.224 e. The highest BCUT2D eigenvalue weighted by atomic mass is 35.5. The van der Waals surface area contributed by atoms with Crippen LogP contribution in [0, 0.1) is 11.7 Å². The van der Waals surface area contributed by atoms with Crippen molar-refractivity contribution in [2.24, 2.45) is 5.92 Å². The highest BCUT2D eigenvalue weighted by Gasteiger charge is 2.19. The van der Waals surface area contributed by atoms with Gasteiger partial charge in [-0.3, -0.25) is 4.79 Å². The molecule has 1 fully saturated rings. The van der Waals surface area contributed by atoms with Gasteiger partial charge >= 0.3 is 0 Å². The Bertz CT molecular complexity index is 422. The number of rotatable bonds is 6. The Morgan fingerprint density at radius 3 is 2.81 bits per heavy atom.